The van der Waals surface area contributed by atoms with E-state index in [2.05, 4.69) is 0 Å². The van der Waals surface area contributed by atoms with Gasteiger partial charge in [0, 0.05) is 12.5 Å². The molecule has 0 fully saturated rings. The van der Waals surface area contributed by atoms with Crippen molar-refractivity contribution in [1.29, 1.82) is 0 Å². The van der Waals surface area contributed by atoms with Gasteiger partial charge in [-0.1, -0.05) is 54.6 Å². The van der Waals surface area contributed by atoms with Crippen molar-refractivity contribution >= 4 is 22.8 Å². The number of aliphatic hydroxyl groups excluding tert-OH is 1. The molecule has 1 atom stereocenters. The molecular formula is C24H24O4. The maximum absolute atomic E-state index is 11.8. The first kappa shape index (κ1) is 19.6. The molecule has 0 spiro atoms. The topological polar surface area (TPSA) is 55.8 Å². The van der Waals surface area contributed by atoms with Crippen LogP contribution >= 0.6 is 0 Å². The number of carbonyl (C=O) groups excluding carboxylic acids is 1. The lowest BCUT2D eigenvalue weighted by molar-refractivity contribution is -0.137. The van der Waals surface area contributed by atoms with Gasteiger partial charge in [-0.05, 0) is 47.0 Å². The normalized spacial score (nSPS) is 12.2. The van der Waals surface area contributed by atoms with Gasteiger partial charge in [-0.2, -0.15) is 0 Å². The van der Waals surface area contributed by atoms with Crippen LogP contribution in [0.5, 0.6) is 5.75 Å². The number of esters is 1. The second-order valence-electron chi connectivity index (χ2n) is 6.43. The van der Waals surface area contributed by atoms with Gasteiger partial charge in [-0.25, -0.2) is 4.79 Å². The van der Waals surface area contributed by atoms with Crippen molar-refractivity contribution in [3.63, 3.8) is 0 Å². The SMILES string of the molecule is CCOC(=O)/C=C/c1c(CC(O)COc2ccccc2)ccc2ccccc12. The van der Waals surface area contributed by atoms with E-state index in [1.54, 1.807) is 13.0 Å². The van der Waals surface area contributed by atoms with E-state index in [1.165, 1.54) is 6.08 Å². The van der Waals surface area contributed by atoms with Gasteiger partial charge in [-0.3, -0.25) is 0 Å². The third-order valence-corrected chi connectivity index (χ3v) is 4.37. The molecule has 0 saturated heterocycles. The highest BCUT2D eigenvalue weighted by Crippen LogP contribution is 2.25. The highest BCUT2D eigenvalue weighted by Gasteiger charge is 2.12. The molecule has 1 N–H and O–H groups in total. The maximum Gasteiger partial charge on any atom is 0.330 e. The summed E-state index contributed by atoms with van der Waals surface area (Å²) < 4.78 is 10.6. The minimum atomic E-state index is -0.670. The summed E-state index contributed by atoms with van der Waals surface area (Å²) >= 11 is 0. The van der Waals surface area contributed by atoms with Crippen molar-refractivity contribution < 1.29 is 19.4 Å². The third-order valence-electron chi connectivity index (χ3n) is 4.37. The lowest BCUT2D eigenvalue weighted by atomic mass is 9.95. The van der Waals surface area contributed by atoms with Gasteiger partial charge in [0.15, 0.2) is 0 Å². The van der Waals surface area contributed by atoms with E-state index in [0.717, 1.165) is 27.6 Å². The molecule has 3 aromatic carbocycles. The molecule has 3 aromatic rings. The molecule has 0 amide bonds. The smallest absolute Gasteiger partial charge is 0.330 e. The van der Waals surface area contributed by atoms with Crippen LogP contribution in [0.25, 0.3) is 16.8 Å². The molecule has 0 aliphatic heterocycles. The number of fused-ring (bicyclic) bond motifs is 1. The van der Waals surface area contributed by atoms with Crippen molar-refractivity contribution in [1.82, 2.24) is 0 Å². The van der Waals surface area contributed by atoms with E-state index in [4.69, 9.17) is 9.47 Å². The quantitative estimate of drug-likeness (QED) is 0.468. The average molecular weight is 376 g/mol. The molecule has 0 bridgehead atoms. The van der Waals surface area contributed by atoms with Crippen LogP contribution in [0.2, 0.25) is 0 Å². The average Bonchev–Trinajstić information content (AvgIpc) is 2.72. The van der Waals surface area contributed by atoms with Gasteiger partial charge in [0.05, 0.1) is 12.7 Å². The van der Waals surface area contributed by atoms with Crippen molar-refractivity contribution in [2.75, 3.05) is 13.2 Å². The number of para-hydroxylation sites is 1. The molecule has 1 unspecified atom stereocenters. The largest absolute Gasteiger partial charge is 0.491 e. The first-order chi connectivity index (χ1) is 13.7. The second kappa shape index (κ2) is 9.72. The van der Waals surface area contributed by atoms with E-state index in [-0.39, 0.29) is 12.6 Å². The van der Waals surface area contributed by atoms with Crippen LogP contribution in [-0.4, -0.2) is 30.4 Å². The summed E-state index contributed by atoms with van der Waals surface area (Å²) in [5.74, 6) is 0.344. The van der Waals surface area contributed by atoms with Gasteiger partial charge in [-0.15, -0.1) is 0 Å². The summed E-state index contributed by atoms with van der Waals surface area (Å²) in [6.45, 7) is 2.30. The standard InChI is InChI=1S/C24H24O4/c1-2-27-24(26)15-14-23-19(13-12-18-8-6-7-11-22(18)23)16-20(25)17-28-21-9-4-3-5-10-21/h3-15,20,25H,2,16-17H2,1H3/b15-14+. The molecule has 0 aliphatic rings. The van der Waals surface area contributed by atoms with Crippen LogP contribution in [0.15, 0.2) is 72.8 Å². The summed E-state index contributed by atoms with van der Waals surface area (Å²) in [5.41, 5.74) is 1.85. The zero-order valence-corrected chi connectivity index (χ0v) is 15.9. The first-order valence-electron chi connectivity index (χ1n) is 9.38. The molecule has 0 aliphatic carbocycles. The van der Waals surface area contributed by atoms with Crippen molar-refractivity contribution in [3.05, 3.63) is 83.9 Å². The fourth-order valence-electron chi connectivity index (χ4n) is 3.08. The van der Waals surface area contributed by atoms with Crippen molar-refractivity contribution in [3.8, 4) is 5.75 Å². The Morgan fingerprint density at radius 3 is 2.57 bits per heavy atom. The zero-order chi connectivity index (χ0) is 19.8. The Labute approximate surface area is 165 Å². The Kier molecular flexibility index (Phi) is 6.82. The summed E-state index contributed by atoms with van der Waals surface area (Å²) in [6.07, 6.45) is 2.94. The fourth-order valence-corrected chi connectivity index (χ4v) is 3.08. The minimum absolute atomic E-state index is 0.192. The zero-order valence-electron chi connectivity index (χ0n) is 15.9. The van der Waals surface area contributed by atoms with Crippen LogP contribution in [-0.2, 0) is 16.0 Å². The monoisotopic (exact) mass is 376 g/mol. The fraction of sp³-hybridized carbons (Fsp3) is 0.208. The molecule has 0 aromatic heterocycles. The summed E-state index contributed by atoms with van der Waals surface area (Å²) in [7, 11) is 0. The van der Waals surface area contributed by atoms with E-state index >= 15 is 0 Å². The van der Waals surface area contributed by atoms with Gasteiger partial charge >= 0.3 is 5.97 Å². The molecule has 3 rings (SSSR count). The Balaban J connectivity index is 1.81. The van der Waals surface area contributed by atoms with Gasteiger partial charge in [0.25, 0.3) is 0 Å². The minimum Gasteiger partial charge on any atom is -0.491 e. The maximum atomic E-state index is 11.8. The van der Waals surface area contributed by atoms with Crippen LogP contribution < -0.4 is 4.74 Å². The Morgan fingerprint density at radius 1 is 1.04 bits per heavy atom. The second-order valence-corrected chi connectivity index (χ2v) is 6.43. The van der Waals surface area contributed by atoms with Gasteiger partial charge in [0.1, 0.15) is 12.4 Å². The highest BCUT2D eigenvalue weighted by atomic mass is 16.5. The number of aliphatic hydroxyl groups is 1. The molecule has 0 heterocycles. The van der Waals surface area contributed by atoms with Crippen LogP contribution in [0.4, 0.5) is 0 Å². The molecule has 0 saturated carbocycles. The number of carbonyl (C=O) groups is 1. The van der Waals surface area contributed by atoms with E-state index in [0.29, 0.717) is 13.0 Å². The summed E-state index contributed by atoms with van der Waals surface area (Å²) in [6, 6.07) is 21.4. The number of rotatable bonds is 8. The summed E-state index contributed by atoms with van der Waals surface area (Å²) in [4.78, 5) is 11.8. The third kappa shape index (κ3) is 5.21. The van der Waals surface area contributed by atoms with Crippen LogP contribution in [0.3, 0.4) is 0 Å². The van der Waals surface area contributed by atoms with Crippen molar-refractivity contribution in [2.45, 2.75) is 19.4 Å². The Morgan fingerprint density at radius 2 is 1.79 bits per heavy atom. The van der Waals surface area contributed by atoms with Gasteiger partial charge < -0.3 is 14.6 Å². The van der Waals surface area contributed by atoms with E-state index in [9.17, 15) is 9.90 Å². The molecule has 4 nitrogen and oxygen atoms in total. The lowest BCUT2D eigenvalue weighted by Crippen LogP contribution is -2.20. The highest BCUT2D eigenvalue weighted by molar-refractivity contribution is 5.95. The molecule has 28 heavy (non-hydrogen) atoms. The van der Waals surface area contributed by atoms with E-state index in [1.807, 2.05) is 66.7 Å². The predicted molar refractivity (Wildman–Crippen MR) is 111 cm³/mol. The van der Waals surface area contributed by atoms with Crippen LogP contribution in [0.1, 0.15) is 18.1 Å². The Bertz CT molecular complexity index is 947. The molecule has 144 valence electrons. The number of benzene rings is 3. The number of ether oxygens (including phenoxy) is 2. The van der Waals surface area contributed by atoms with Crippen molar-refractivity contribution in [2.24, 2.45) is 0 Å². The number of hydrogen-bond acceptors (Lipinski definition) is 4. The van der Waals surface area contributed by atoms with E-state index < -0.39 is 6.10 Å². The molecular weight excluding hydrogens is 352 g/mol. The number of hydrogen-bond donors (Lipinski definition) is 1. The molecule has 0 radical (unpaired) electrons. The predicted octanol–water partition coefficient (Wildman–Crippen LogP) is 4.40. The first-order valence-corrected chi connectivity index (χ1v) is 9.38. The van der Waals surface area contributed by atoms with Gasteiger partial charge in [0.2, 0.25) is 0 Å². The van der Waals surface area contributed by atoms with Crippen LogP contribution in [0, 0.1) is 0 Å². The summed E-state index contributed by atoms with van der Waals surface area (Å²) in [5, 5.41) is 12.6. The lowest BCUT2D eigenvalue weighted by Gasteiger charge is -2.15. The Hall–Kier alpha value is -3.11. The molecule has 4 heteroatoms.